The zero-order valence-electron chi connectivity index (χ0n) is 17.1. The van der Waals surface area contributed by atoms with Crippen molar-refractivity contribution < 1.29 is 24.1 Å². The summed E-state index contributed by atoms with van der Waals surface area (Å²) in [7, 11) is 0. The van der Waals surface area contributed by atoms with Crippen molar-refractivity contribution in [2.75, 3.05) is 26.4 Å². The molecule has 0 fully saturated rings. The van der Waals surface area contributed by atoms with Gasteiger partial charge < -0.3 is 24.1 Å². The largest absolute Gasteiger partial charge is 0.368 e. The van der Waals surface area contributed by atoms with Crippen LogP contribution in [-0.2, 0) is 18.9 Å². The Hall–Kier alpha value is -0.200. The van der Waals surface area contributed by atoms with Gasteiger partial charge in [-0.15, -0.1) is 0 Å². The number of aliphatic hydroxyl groups excluding tert-OH is 1. The van der Waals surface area contributed by atoms with Crippen LogP contribution in [0.4, 0.5) is 0 Å². The molecular formula is C20H42O5. The van der Waals surface area contributed by atoms with Crippen molar-refractivity contribution in [3.63, 3.8) is 0 Å². The molecule has 0 amide bonds. The predicted molar refractivity (Wildman–Crippen MR) is 101 cm³/mol. The van der Waals surface area contributed by atoms with Gasteiger partial charge in [0.25, 0.3) is 5.97 Å². The monoisotopic (exact) mass is 362 g/mol. The summed E-state index contributed by atoms with van der Waals surface area (Å²) < 4.78 is 22.3. The van der Waals surface area contributed by atoms with E-state index in [4.69, 9.17) is 18.9 Å². The molecule has 0 aliphatic heterocycles. The molecule has 0 aromatic carbocycles. The summed E-state index contributed by atoms with van der Waals surface area (Å²) >= 11 is 0. The van der Waals surface area contributed by atoms with E-state index in [0.29, 0.717) is 26.4 Å². The van der Waals surface area contributed by atoms with E-state index in [9.17, 15) is 5.11 Å². The van der Waals surface area contributed by atoms with Crippen molar-refractivity contribution in [3.8, 4) is 0 Å². The van der Waals surface area contributed by atoms with E-state index >= 15 is 0 Å². The zero-order valence-corrected chi connectivity index (χ0v) is 17.1. The van der Waals surface area contributed by atoms with Crippen molar-refractivity contribution in [1.29, 1.82) is 0 Å². The maximum atomic E-state index is 9.48. The van der Waals surface area contributed by atoms with Crippen LogP contribution in [0.25, 0.3) is 0 Å². The topological polar surface area (TPSA) is 57.2 Å². The third-order valence-electron chi connectivity index (χ3n) is 4.14. The number of aliphatic hydroxyl groups is 1. The first-order chi connectivity index (χ1) is 12.1. The molecule has 0 aliphatic rings. The highest BCUT2D eigenvalue weighted by atomic mass is 16.9. The summed E-state index contributed by atoms with van der Waals surface area (Å²) in [5, 5.41) is 9.48. The first-order valence-electron chi connectivity index (χ1n) is 10.4. The van der Waals surface area contributed by atoms with Gasteiger partial charge in [0.15, 0.2) is 6.29 Å². The lowest BCUT2D eigenvalue weighted by Crippen LogP contribution is -2.39. The van der Waals surface area contributed by atoms with Crippen LogP contribution in [0.2, 0.25) is 0 Å². The fourth-order valence-electron chi connectivity index (χ4n) is 3.00. The summed E-state index contributed by atoms with van der Waals surface area (Å²) in [6.45, 7) is 10.2. The lowest BCUT2D eigenvalue weighted by atomic mass is 10.1. The quantitative estimate of drug-likeness (QED) is 0.259. The molecule has 5 nitrogen and oxygen atoms in total. The summed E-state index contributed by atoms with van der Waals surface area (Å²) in [5.41, 5.74) is 0. The van der Waals surface area contributed by atoms with Gasteiger partial charge in [-0.2, -0.15) is 0 Å². The van der Waals surface area contributed by atoms with Crippen molar-refractivity contribution in [2.24, 2.45) is 0 Å². The lowest BCUT2D eigenvalue weighted by Gasteiger charge is -2.32. The molecular weight excluding hydrogens is 320 g/mol. The van der Waals surface area contributed by atoms with Gasteiger partial charge in [0, 0.05) is 32.8 Å². The second-order valence-electron chi connectivity index (χ2n) is 6.26. The van der Waals surface area contributed by atoms with Crippen LogP contribution in [0.3, 0.4) is 0 Å². The maximum Gasteiger partial charge on any atom is 0.282 e. The van der Waals surface area contributed by atoms with Crippen LogP contribution in [0.15, 0.2) is 0 Å². The Morgan fingerprint density at radius 1 is 0.640 bits per heavy atom. The SMILES string of the molecule is CCOC(O)CCCCCCCCCCC(OCC)(OCC)OCC. The van der Waals surface area contributed by atoms with Crippen LogP contribution < -0.4 is 0 Å². The zero-order chi connectivity index (χ0) is 18.8. The van der Waals surface area contributed by atoms with E-state index in [1.54, 1.807) is 0 Å². The Labute approximate surface area is 155 Å². The predicted octanol–water partition coefficient (Wildman–Crippen LogP) is 5.01. The third kappa shape index (κ3) is 13.6. The molecule has 1 unspecified atom stereocenters. The van der Waals surface area contributed by atoms with E-state index in [-0.39, 0.29) is 0 Å². The third-order valence-corrected chi connectivity index (χ3v) is 4.14. The van der Waals surface area contributed by atoms with Crippen molar-refractivity contribution in [3.05, 3.63) is 0 Å². The average Bonchev–Trinajstić information content (AvgIpc) is 2.57. The van der Waals surface area contributed by atoms with Crippen LogP contribution in [0.1, 0.15) is 91.9 Å². The molecule has 0 bridgehead atoms. The molecule has 0 rings (SSSR count). The second-order valence-corrected chi connectivity index (χ2v) is 6.26. The van der Waals surface area contributed by atoms with Gasteiger partial charge in [0.05, 0.1) is 0 Å². The summed E-state index contributed by atoms with van der Waals surface area (Å²) in [6.07, 6.45) is 10.4. The number of unbranched alkanes of at least 4 members (excludes halogenated alkanes) is 7. The van der Waals surface area contributed by atoms with Gasteiger partial charge >= 0.3 is 0 Å². The van der Waals surface area contributed by atoms with E-state index < -0.39 is 12.3 Å². The molecule has 0 saturated heterocycles. The van der Waals surface area contributed by atoms with Gasteiger partial charge in [0.2, 0.25) is 0 Å². The van der Waals surface area contributed by atoms with Crippen molar-refractivity contribution in [2.45, 2.75) is 104 Å². The number of hydrogen-bond donors (Lipinski definition) is 1. The van der Waals surface area contributed by atoms with Gasteiger partial charge in [0.1, 0.15) is 0 Å². The molecule has 25 heavy (non-hydrogen) atoms. The summed E-state index contributed by atoms with van der Waals surface area (Å²) in [6, 6.07) is 0. The number of rotatable bonds is 19. The summed E-state index contributed by atoms with van der Waals surface area (Å²) in [5.74, 6) is -0.848. The fraction of sp³-hybridized carbons (Fsp3) is 1.00. The van der Waals surface area contributed by atoms with Crippen LogP contribution in [0, 0.1) is 0 Å². The molecule has 0 aliphatic carbocycles. The van der Waals surface area contributed by atoms with E-state index in [1.807, 2.05) is 27.7 Å². The molecule has 0 radical (unpaired) electrons. The van der Waals surface area contributed by atoms with Gasteiger partial charge in [-0.05, 0) is 47.0 Å². The minimum atomic E-state index is -0.848. The van der Waals surface area contributed by atoms with Crippen molar-refractivity contribution in [1.82, 2.24) is 0 Å². The average molecular weight is 363 g/mol. The molecule has 1 atom stereocenters. The van der Waals surface area contributed by atoms with Crippen LogP contribution >= 0.6 is 0 Å². The van der Waals surface area contributed by atoms with Gasteiger partial charge in [-0.25, -0.2) is 0 Å². The second kappa shape index (κ2) is 17.2. The maximum absolute atomic E-state index is 9.48. The molecule has 5 heteroatoms. The number of ether oxygens (including phenoxy) is 4. The Morgan fingerprint density at radius 3 is 1.52 bits per heavy atom. The molecule has 0 aromatic heterocycles. The Balaban J connectivity index is 3.65. The van der Waals surface area contributed by atoms with Crippen LogP contribution in [0.5, 0.6) is 0 Å². The minimum absolute atomic E-state index is 0.578. The molecule has 0 aromatic rings. The first kappa shape index (κ1) is 24.8. The lowest BCUT2D eigenvalue weighted by molar-refractivity contribution is -0.380. The molecule has 152 valence electrons. The highest BCUT2D eigenvalue weighted by molar-refractivity contribution is 4.59. The van der Waals surface area contributed by atoms with E-state index in [1.165, 1.54) is 38.5 Å². The Bertz CT molecular complexity index is 256. The molecule has 0 spiro atoms. The molecule has 0 heterocycles. The first-order valence-corrected chi connectivity index (χ1v) is 10.4. The van der Waals surface area contributed by atoms with Gasteiger partial charge in [-0.1, -0.05) is 38.5 Å². The smallest absolute Gasteiger partial charge is 0.282 e. The fourth-order valence-corrected chi connectivity index (χ4v) is 3.00. The number of hydrogen-bond acceptors (Lipinski definition) is 5. The van der Waals surface area contributed by atoms with Crippen molar-refractivity contribution >= 4 is 0 Å². The summed E-state index contributed by atoms with van der Waals surface area (Å²) in [4.78, 5) is 0. The highest BCUT2D eigenvalue weighted by Crippen LogP contribution is 2.24. The molecule has 1 N–H and O–H groups in total. The highest BCUT2D eigenvalue weighted by Gasteiger charge is 2.31. The Morgan fingerprint density at radius 2 is 1.08 bits per heavy atom. The molecule has 0 saturated carbocycles. The van der Waals surface area contributed by atoms with Crippen LogP contribution in [-0.4, -0.2) is 43.8 Å². The van der Waals surface area contributed by atoms with Gasteiger partial charge in [-0.3, -0.25) is 0 Å². The normalized spacial score (nSPS) is 13.3. The van der Waals surface area contributed by atoms with E-state index in [2.05, 4.69) is 0 Å². The Kier molecular flexibility index (Phi) is 17.1. The minimum Gasteiger partial charge on any atom is -0.368 e. The standard InChI is InChI=1S/C20H42O5/c1-5-22-19(21)17-15-13-11-9-10-12-14-16-18-20(23-6-2,24-7-3)25-8-4/h19,21H,5-18H2,1-4H3. The van der Waals surface area contributed by atoms with E-state index in [0.717, 1.165) is 25.7 Å².